The minimum Gasteiger partial charge on any atom is -0.488 e. The fourth-order valence-electron chi connectivity index (χ4n) is 4.36. The molecule has 0 aromatic heterocycles. The number of aryl methyl sites for hydroxylation is 1. The highest BCUT2D eigenvalue weighted by molar-refractivity contribution is 5.80. The summed E-state index contributed by atoms with van der Waals surface area (Å²) in [5.74, 6) is 1.02. The van der Waals surface area contributed by atoms with Gasteiger partial charge in [0, 0.05) is 18.4 Å². The van der Waals surface area contributed by atoms with Crippen molar-refractivity contribution < 1.29 is 14.3 Å². The largest absolute Gasteiger partial charge is 0.488 e. The number of amides is 2. The molecule has 2 aliphatic rings. The van der Waals surface area contributed by atoms with Gasteiger partial charge >= 0.3 is 0 Å². The fourth-order valence-corrected chi connectivity index (χ4v) is 4.36. The van der Waals surface area contributed by atoms with Gasteiger partial charge in [0.15, 0.2) is 0 Å². The number of hydrogen-bond acceptors (Lipinski definition) is 3. The molecule has 2 aromatic rings. The Balaban J connectivity index is 1.28. The molecule has 0 radical (unpaired) electrons. The average Bonchev–Trinajstić information content (AvgIpc) is 3.12. The molecule has 5 nitrogen and oxygen atoms in total. The molecular formula is C24H28N2O3. The van der Waals surface area contributed by atoms with E-state index in [1.165, 1.54) is 11.1 Å². The zero-order valence-corrected chi connectivity index (χ0v) is 16.7. The molecule has 1 fully saturated rings. The van der Waals surface area contributed by atoms with Crippen molar-refractivity contribution in [3.8, 4) is 5.75 Å². The van der Waals surface area contributed by atoms with Crippen LogP contribution in [0.5, 0.6) is 5.75 Å². The predicted octanol–water partition coefficient (Wildman–Crippen LogP) is 3.17. The Bertz CT molecular complexity index is 867. The number of fused-ring (bicyclic) bond motifs is 1. The van der Waals surface area contributed by atoms with Crippen molar-refractivity contribution in [1.29, 1.82) is 0 Å². The van der Waals surface area contributed by atoms with E-state index in [0.717, 1.165) is 31.4 Å². The van der Waals surface area contributed by atoms with Crippen molar-refractivity contribution in [3.05, 3.63) is 65.7 Å². The summed E-state index contributed by atoms with van der Waals surface area (Å²) in [5, 5.41) is 6.17. The van der Waals surface area contributed by atoms with E-state index in [2.05, 4.69) is 28.8 Å². The first-order valence-electron chi connectivity index (χ1n) is 10.5. The molecule has 5 heteroatoms. The van der Waals surface area contributed by atoms with Crippen LogP contribution in [0.1, 0.15) is 43.2 Å². The lowest BCUT2D eigenvalue weighted by Gasteiger charge is -2.30. The van der Waals surface area contributed by atoms with Gasteiger partial charge in [-0.2, -0.15) is 0 Å². The van der Waals surface area contributed by atoms with Crippen molar-refractivity contribution >= 4 is 11.8 Å². The standard InChI is InChI=1S/C24H28N2O3/c27-22(25-17-20-11-10-19-8-4-5-9-21(19)29-20)12-14-24(15-13-23(28)26-24)16-18-6-2-1-3-7-18/h1-9,20H,10-17H2,(H,25,27)(H,26,28)/t20-,24?/m1/s1. The monoisotopic (exact) mass is 392 g/mol. The quantitative estimate of drug-likeness (QED) is 0.761. The molecule has 1 unspecified atom stereocenters. The van der Waals surface area contributed by atoms with Crippen LogP contribution in [-0.2, 0) is 22.4 Å². The van der Waals surface area contributed by atoms with Crippen molar-refractivity contribution in [2.75, 3.05) is 6.54 Å². The number of para-hydroxylation sites is 1. The van der Waals surface area contributed by atoms with Crippen molar-refractivity contribution in [3.63, 3.8) is 0 Å². The highest BCUT2D eigenvalue weighted by atomic mass is 16.5. The van der Waals surface area contributed by atoms with E-state index in [0.29, 0.717) is 25.8 Å². The van der Waals surface area contributed by atoms with Crippen LogP contribution >= 0.6 is 0 Å². The molecular weight excluding hydrogens is 364 g/mol. The summed E-state index contributed by atoms with van der Waals surface area (Å²) < 4.78 is 6.00. The molecule has 2 aliphatic heterocycles. The maximum Gasteiger partial charge on any atom is 0.220 e. The number of ether oxygens (including phenoxy) is 1. The predicted molar refractivity (Wildman–Crippen MR) is 112 cm³/mol. The van der Waals surface area contributed by atoms with E-state index in [9.17, 15) is 9.59 Å². The SMILES string of the molecule is O=C(CCC1(Cc2ccccc2)CCC(=O)N1)NC[C@H]1CCc2ccccc2O1. The van der Waals surface area contributed by atoms with Gasteiger partial charge in [-0.05, 0) is 49.3 Å². The van der Waals surface area contributed by atoms with Gasteiger partial charge in [0.05, 0.1) is 6.54 Å². The maximum atomic E-state index is 12.5. The zero-order valence-electron chi connectivity index (χ0n) is 16.7. The van der Waals surface area contributed by atoms with E-state index in [1.807, 2.05) is 36.4 Å². The van der Waals surface area contributed by atoms with Crippen LogP contribution in [0, 0.1) is 0 Å². The Morgan fingerprint density at radius 1 is 1.10 bits per heavy atom. The van der Waals surface area contributed by atoms with Gasteiger partial charge in [0.1, 0.15) is 11.9 Å². The summed E-state index contributed by atoms with van der Waals surface area (Å²) >= 11 is 0. The van der Waals surface area contributed by atoms with E-state index in [1.54, 1.807) is 0 Å². The van der Waals surface area contributed by atoms with Crippen LogP contribution in [0.4, 0.5) is 0 Å². The van der Waals surface area contributed by atoms with Gasteiger partial charge in [0.2, 0.25) is 11.8 Å². The second-order valence-corrected chi connectivity index (χ2v) is 8.18. The third-order valence-electron chi connectivity index (χ3n) is 5.98. The third-order valence-corrected chi connectivity index (χ3v) is 5.98. The third kappa shape index (κ3) is 4.97. The molecule has 1 saturated heterocycles. The number of carbonyl (C=O) groups excluding carboxylic acids is 2. The second-order valence-electron chi connectivity index (χ2n) is 8.18. The minimum absolute atomic E-state index is 0.0123. The van der Waals surface area contributed by atoms with Gasteiger partial charge in [0.25, 0.3) is 0 Å². The maximum absolute atomic E-state index is 12.5. The number of benzene rings is 2. The highest BCUT2D eigenvalue weighted by Crippen LogP contribution is 2.30. The van der Waals surface area contributed by atoms with Crippen LogP contribution in [-0.4, -0.2) is 30.0 Å². The molecule has 2 amide bonds. The molecule has 4 rings (SSSR count). The first-order valence-corrected chi connectivity index (χ1v) is 10.5. The normalized spacial score (nSPS) is 23.0. The summed E-state index contributed by atoms with van der Waals surface area (Å²) in [6.45, 7) is 0.519. The van der Waals surface area contributed by atoms with Gasteiger partial charge in [-0.15, -0.1) is 0 Å². The Morgan fingerprint density at radius 2 is 1.90 bits per heavy atom. The highest BCUT2D eigenvalue weighted by Gasteiger charge is 2.37. The van der Waals surface area contributed by atoms with Crippen molar-refractivity contribution in [2.45, 2.75) is 56.6 Å². The van der Waals surface area contributed by atoms with E-state index >= 15 is 0 Å². The van der Waals surface area contributed by atoms with Crippen LogP contribution in [0.3, 0.4) is 0 Å². The lowest BCUT2D eigenvalue weighted by atomic mass is 9.85. The molecule has 152 valence electrons. The number of nitrogens with one attached hydrogen (secondary N) is 2. The second kappa shape index (κ2) is 8.68. The lowest BCUT2D eigenvalue weighted by molar-refractivity contribution is -0.123. The lowest BCUT2D eigenvalue weighted by Crippen LogP contribution is -2.45. The van der Waals surface area contributed by atoms with Crippen LogP contribution < -0.4 is 15.4 Å². The summed E-state index contributed by atoms with van der Waals surface area (Å²) in [6, 6.07) is 18.2. The Hall–Kier alpha value is -2.82. The van der Waals surface area contributed by atoms with Crippen LogP contribution in [0.2, 0.25) is 0 Å². The van der Waals surface area contributed by atoms with E-state index in [4.69, 9.17) is 4.74 Å². The molecule has 2 N–H and O–H groups in total. The van der Waals surface area contributed by atoms with Crippen LogP contribution in [0.15, 0.2) is 54.6 Å². The Labute approximate surface area is 171 Å². The van der Waals surface area contributed by atoms with Crippen LogP contribution in [0.25, 0.3) is 0 Å². The van der Waals surface area contributed by atoms with Gasteiger partial charge in [-0.3, -0.25) is 9.59 Å². The summed E-state index contributed by atoms with van der Waals surface area (Å²) in [7, 11) is 0. The summed E-state index contributed by atoms with van der Waals surface area (Å²) in [6.07, 6.45) is 5.01. The number of hydrogen-bond donors (Lipinski definition) is 2. The van der Waals surface area contributed by atoms with Crippen molar-refractivity contribution in [2.24, 2.45) is 0 Å². The molecule has 0 aliphatic carbocycles. The fraction of sp³-hybridized carbons (Fsp3) is 0.417. The van der Waals surface area contributed by atoms with E-state index in [-0.39, 0.29) is 23.5 Å². The summed E-state index contributed by atoms with van der Waals surface area (Å²) in [4.78, 5) is 24.4. The summed E-state index contributed by atoms with van der Waals surface area (Å²) in [5.41, 5.74) is 2.09. The molecule has 0 spiro atoms. The van der Waals surface area contributed by atoms with E-state index < -0.39 is 0 Å². The topological polar surface area (TPSA) is 67.4 Å². The zero-order chi connectivity index (χ0) is 20.1. The Morgan fingerprint density at radius 3 is 2.69 bits per heavy atom. The number of rotatable bonds is 7. The first-order chi connectivity index (χ1) is 14.1. The molecule has 0 saturated carbocycles. The first kappa shape index (κ1) is 19.5. The van der Waals surface area contributed by atoms with Gasteiger partial charge in [-0.25, -0.2) is 0 Å². The van der Waals surface area contributed by atoms with Crippen molar-refractivity contribution in [1.82, 2.24) is 10.6 Å². The molecule has 29 heavy (non-hydrogen) atoms. The smallest absolute Gasteiger partial charge is 0.220 e. The molecule has 2 aromatic carbocycles. The van der Waals surface area contributed by atoms with Gasteiger partial charge < -0.3 is 15.4 Å². The molecule has 2 atom stereocenters. The average molecular weight is 392 g/mol. The molecule has 2 heterocycles. The Kier molecular flexibility index (Phi) is 5.84. The minimum atomic E-state index is -0.323. The van der Waals surface area contributed by atoms with Gasteiger partial charge in [-0.1, -0.05) is 48.5 Å². The molecule has 0 bridgehead atoms. The number of carbonyl (C=O) groups is 2.